The number of para-hydroxylation sites is 1. The molecule has 0 spiro atoms. The van der Waals surface area contributed by atoms with Crippen molar-refractivity contribution in [3.63, 3.8) is 0 Å². The molecular formula is C25H27N3O2. The SMILES string of the molecule is Cc1ccccc1-n1cc2c(c1-c1ccc(C(C)(C)C)cc1)c(=O)n(C)c(=O)n2C. The summed E-state index contributed by atoms with van der Waals surface area (Å²) in [5.41, 5.74) is 5.10. The summed E-state index contributed by atoms with van der Waals surface area (Å²) in [6, 6.07) is 16.4. The van der Waals surface area contributed by atoms with Crippen LogP contribution in [0, 0.1) is 6.92 Å². The Bertz CT molecular complexity index is 1380. The molecular weight excluding hydrogens is 374 g/mol. The molecule has 4 rings (SSSR count). The highest BCUT2D eigenvalue weighted by Gasteiger charge is 2.21. The van der Waals surface area contributed by atoms with Gasteiger partial charge in [0, 0.05) is 26.0 Å². The minimum absolute atomic E-state index is 0.0403. The fraction of sp³-hybridized carbons (Fsp3) is 0.280. The molecule has 0 saturated heterocycles. The first-order valence-electron chi connectivity index (χ1n) is 10.1. The van der Waals surface area contributed by atoms with Crippen molar-refractivity contribution < 1.29 is 0 Å². The number of rotatable bonds is 2. The summed E-state index contributed by atoms with van der Waals surface area (Å²) in [6.07, 6.45) is 1.90. The van der Waals surface area contributed by atoms with E-state index in [1.165, 1.54) is 17.2 Å². The fourth-order valence-corrected chi connectivity index (χ4v) is 3.98. The number of aromatic nitrogens is 3. The predicted octanol–water partition coefficient (Wildman–Crippen LogP) is 4.30. The lowest BCUT2D eigenvalue weighted by molar-refractivity contribution is 0.590. The van der Waals surface area contributed by atoms with Crippen molar-refractivity contribution in [3.8, 4) is 16.9 Å². The molecule has 2 heterocycles. The molecule has 0 radical (unpaired) electrons. The van der Waals surface area contributed by atoms with Gasteiger partial charge in [-0.25, -0.2) is 4.79 Å². The monoisotopic (exact) mass is 401 g/mol. The molecule has 0 fully saturated rings. The third kappa shape index (κ3) is 3.02. The van der Waals surface area contributed by atoms with E-state index in [0.717, 1.165) is 22.5 Å². The second-order valence-electron chi connectivity index (χ2n) is 8.93. The minimum atomic E-state index is -0.330. The average molecular weight is 402 g/mol. The Hall–Kier alpha value is -3.34. The van der Waals surface area contributed by atoms with Gasteiger partial charge < -0.3 is 4.57 Å². The van der Waals surface area contributed by atoms with Gasteiger partial charge in [-0.2, -0.15) is 0 Å². The van der Waals surface area contributed by atoms with Crippen LogP contribution in [0.15, 0.2) is 64.3 Å². The minimum Gasteiger partial charge on any atom is -0.313 e. The van der Waals surface area contributed by atoms with Gasteiger partial charge in [0.25, 0.3) is 5.56 Å². The van der Waals surface area contributed by atoms with Crippen molar-refractivity contribution in [1.82, 2.24) is 13.7 Å². The van der Waals surface area contributed by atoms with Crippen LogP contribution in [-0.2, 0) is 19.5 Å². The van der Waals surface area contributed by atoms with E-state index in [4.69, 9.17) is 0 Å². The Labute approximate surface area is 175 Å². The van der Waals surface area contributed by atoms with Crippen molar-refractivity contribution >= 4 is 10.9 Å². The smallest absolute Gasteiger partial charge is 0.313 e. The first-order chi connectivity index (χ1) is 14.1. The molecule has 0 unspecified atom stereocenters. The summed E-state index contributed by atoms with van der Waals surface area (Å²) in [6.45, 7) is 8.58. The van der Waals surface area contributed by atoms with Crippen molar-refractivity contribution in [2.24, 2.45) is 14.1 Å². The van der Waals surface area contributed by atoms with Crippen molar-refractivity contribution in [2.45, 2.75) is 33.1 Å². The van der Waals surface area contributed by atoms with Gasteiger partial charge in [-0.1, -0.05) is 63.2 Å². The van der Waals surface area contributed by atoms with Crippen LogP contribution < -0.4 is 11.2 Å². The zero-order chi connectivity index (χ0) is 21.8. The lowest BCUT2D eigenvalue weighted by Crippen LogP contribution is -2.36. The van der Waals surface area contributed by atoms with E-state index in [1.807, 2.05) is 42.0 Å². The largest absolute Gasteiger partial charge is 0.330 e. The Balaban J connectivity index is 2.14. The molecule has 5 nitrogen and oxygen atoms in total. The molecule has 2 aromatic heterocycles. The average Bonchev–Trinajstić information content (AvgIpc) is 3.11. The Morgan fingerprint density at radius 1 is 0.833 bits per heavy atom. The van der Waals surface area contributed by atoms with Gasteiger partial charge in [-0.05, 0) is 35.1 Å². The molecule has 0 atom stereocenters. The van der Waals surface area contributed by atoms with E-state index in [2.05, 4.69) is 45.0 Å². The van der Waals surface area contributed by atoms with Crippen LogP contribution in [0.2, 0.25) is 0 Å². The fourth-order valence-electron chi connectivity index (χ4n) is 3.98. The van der Waals surface area contributed by atoms with E-state index in [9.17, 15) is 9.59 Å². The zero-order valence-corrected chi connectivity index (χ0v) is 18.4. The molecule has 4 aromatic rings. The maximum atomic E-state index is 13.2. The standard InChI is InChI=1S/C25H27N3O2/c1-16-9-7-8-10-19(16)28-15-20-21(23(29)27(6)24(30)26(20)5)22(28)17-11-13-18(14-12-17)25(2,3)4/h7-15H,1-6H3. The molecule has 30 heavy (non-hydrogen) atoms. The second kappa shape index (κ2) is 6.87. The molecule has 0 saturated carbocycles. The van der Waals surface area contributed by atoms with Crippen molar-refractivity contribution in [2.75, 3.05) is 0 Å². The van der Waals surface area contributed by atoms with Crippen LogP contribution in [0.25, 0.3) is 27.8 Å². The molecule has 0 amide bonds. The van der Waals surface area contributed by atoms with Crippen molar-refractivity contribution in [3.05, 3.63) is 86.7 Å². The van der Waals surface area contributed by atoms with Gasteiger partial charge in [-0.15, -0.1) is 0 Å². The molecule has 0 N–H and O–H groups in total. The number of benzene rings is 2. The number of nitrogens with zero attached hydrogens (tertiary/aromatic N) is 3. The topological polar surface area (TPSA) is 48.9 Å². The lowest BCUT2D eigenvalue weighted by atomic mass is 9.86. The van der Waals surface area contributed by atoms with Gasteiger partial charge in [0.1, 0.15) is 0 Å². The van der Waals surface area contributed by atoms with E-state index < -0.39 is 0 Å². The maximum absolute atomic E-state index is 13.2. The Kier molecular flexibility index (Phi) is 4.57. The Morgan fingerprint density at radius 2 is 1.47 bits per heavy atom. The molecule has 5 heteroatoms. The molecule has 154 valence electrons. The summed E-state index contributed by atoms with van der Waals surface area (Å²) in [7, 11) is 3.24. The first kappa shape index (κ1) is 20.0. The van der Waals surface area contributed by atoms with E-state index in [-0.39, 0.29) is 16.7 Å². The second-order valence-corrected chi connectivity index (χ2v) is 8.93. The number of fused-ring (bicyclic) bond motifs is 1. The quantitative estimate of drug-likeness (QED) is 0.503. The van der Waals surface area contributed by atoms with Gasteiger partial charge >= 0.3 is 5.69 Å². The number of hydrogen-bond acceptors (Lipinski definition) is 2. The summed E-state index contributed by atoms with van der Waals surface area (Å²) in [5.74, 6) is 0. The van der Waals surface area contributed by atoms with Crippen LogP contribution in [0.3, 0.4) is 0 Å². The molecule has 0 aliphatic carbocycles. The third-order valence-electron chi connectivity index (χ3n) is 5.84. The van der Waals surface area contributed by atoms with Gasteiger partial charge in [0.2, 0.25) is 0 Å². The Morgan fingerprint density at radius 3 is 2.07 bits per heavy atom. The highest BCUT2D eigenvalue weighted by atomic mass is 16.2. The first-order valence-corrected chi connectivity index (χ1v) is 10.1. The normalized spacial score (nSPS) is 11.9. The van der Waals surface area contributed by atoms with E-state index in [1.54, 1.807) is 11.6 Å². The maximum Gasteiger partial charge on any atom is 0.330 e. The molecule has 2 aromatic carbocycles. The van der Waals surface area contributed by atoms with Gasteiger partial charge in [0.05, 0.1) is 16.6 Å². The summed E-state index contributed by atoms with van der Waals surface area (Å²) in [5, 5.41) is 0.548. The van der Waals surface area contributed by atoms with Crippen LogP contribution in [0.1, 0.15) is 31.9 Å². The highest BCUT2D eigenvalue weighted by molar-refractivity contribution is 5.95. The van der Waals surface area contributed by atoms with Crippen molar-refractivity contribution in [1.29, 1.82) is 0 Å². The van der Waals surface area contributed by atoms with Crippen LogP contribution >= 0.6 is 0 Å². The van der Waals surface area contributed by atoms with Crippen LogP contribution in [0.4, 0.5) is 0 Å². The van der Waals surface area contributed by atoms with Gasteiger partial charge in [-0.3, -0.25) is 13.9 Å². The number of aryl methyl sites for hydroxylation is 2. The van der Waals surface area contributed by atoms with E-state index in [0.29, 0.717) is 10.9 Å². The number of hydrogen-bond donors (Lipinski definition) is 0. The van der Waals surface area contributed by atoms with Crippen LogP contribution in [-0.4, -0.2) is 13.7 Å². The zero-order valence-electron chi connectivity index (χ0n) is 18.4. The lowest BCUT2D eigenvalue weighted by Gasteiger charge is -2.19. The summed E-state index contributed by atoms with van der Waals surface area (Å²) >= 11 is 0. The summed E-state index contributed by atoms with van der Waals surface area (Å²) in [4.78, 5) is 25.7. The molecule has 0 aliphatic rings. The van der Waals surface area contributed by atoms with Crippen LogP contribution in [0.5, 0.6) is 0 Å². The van der Waals surface area contributed by atoms with E-state index >= 15 is 0 Å². The van der Waals surface area contributed by atoms with Gasteiger partial charge in [0.15, 0.2) is 0 Å². The molecule has 0 aliphatic heterocycles. The molecule has 0 bridgehead atoms. The highest BCUT2D eigenvalue weighted by Crippen LogP contribution is 2.33. The summed E-state index contributed by atoms with van der Waals surface area (Å²) < 4.78 is 4.75. The predicted molar refractivity (Wildman–Crippen MR) is 123 cm³/mol. The third-order valence-corrected chi connectivity index (χ3v) is 5.84.